The van der Waals surface area contributed by atoms with Crippen LogP contribution in [0, 0.1) is 12.8 Å². The zero-order valence-corrected chi connectivity index (χ0v) is 18.3. The number of ketones is 1. The molecule has 164 valence electrons. The Morgan fingerprint density at radius 3 is 2.30 bits per heavy atom. The topological polar surface area (TPSA) is 76.0 Å². The summed E-state index contributed by atoms with van der Waals surface area (Å²) in [7, 11) is 0. The van der Waals surface area contributed by atoms with Crippen LogP contribution in [0.5, 0.6) is 17.2 Å². The summed E-state index contributed by atoms with van der Waals surface area (Å²) in [6, 6.07) is 11.7. The maximum Gasteiger partial charge on any atom is 0.132 e. The van der Waals surface area contributed by atoms with Gasteiger partial charge in [0.05, 0.1) is 13.2 Å². The third-order valence-electron chi connectivity index (χ3n) is 5.30. The molecule has 5 heteroatoms. The van der Waals surface area contributed by atoms with Gasteiger partial charge in [0.2, 0.25) is 0 Å². The number of aromatic hydroxyl groups is 1. The highest BCUT2D eigenvalue weighted by atomic mass is 16.5. The fourth-order valence-electron chi connectivity index (χ4n) is 3.14. The van der Waals surface area contributed by atoms with E-state index in [4.69, 9.17) is 14.6 Å². The second-order valence-electron chi connectivity index (χ2n) is 7.79. The van der Waals surface area contributed by atoms with E-state index in [2.05, 4.69) is 0 Å². The van der Waals surface area contributed by atoms with Gasteiger partial charge in [0, 0.05) is 18.1 Å². The molecule has 2 aromatic rings. The Bertz CT molecular complexity index is 798. The lowest BCUT2D eigenvalue weighted by Gasteiger charge is -2.15. The molecule has 0 fully saturated rings. The van der Waals surface area contributed by atoms with E-state index in [-0.39, 0.29) is 24.1 Å². The lowest BCUT2D eigenvalue weighted by molar-refractivity contribution is -0.120. The van der Waals surface area contributed by atoms with E-state index >= 15 is 0 Å². The molecule has 2 rings (SSSR count). The highest BCUT2D eigenvalue weighted by molar-refractivity contribution is 5.78. The summed E-state index contributed by atoms with van der Waals surface area (Å²) in [5.74, 6) is 1.74. The average molecular weight is 415 g/mol. The SMILES string of the molecule is CC(=O)C(C)Cc1ccc(OCCCCOc2ccc(CCCO)cc2)c(C)c1O. The highest BCUT2D eigenvalue weighted by Gasteiger charge is 2.15. The van der Waals surface area contributed by atoms with Crippen molar-refractivity contribution in [2.75, 3.05) is 19.8 Å². The van der Waals surface area contributed by atoms with Gasteiger partial charge >= 0.3 is 0 Å². The van der Waals surface area contributed by atoms with Gasteiger partial charge in [0.25, 0.3) is 0 Å². The molecular formula is C25H34O5. The number of ether oxygens (including phenoxy) is 2. The molecule has 0 saturated carbocycles. The number of carbonyl (C=O) groups excluding carboxylic acids is 1. The molecule has 0 aliphatic carbocycles. The second kappa shape index (κ2) is 12.2. The number of rotatable bonds is 13. The number of hydrogen-bond donors (Lipinski definition) is 2. The maximum absolute atomic E-state index is 11.5. The minimum absolute atomic E-state index is 0.112. The van der Waals surface area contributed by atoms with Gasteiger partial charge in [-0.05, 0) is 75.3 Å². The third kappa shape index (κ3) is 7.38. The van der Waals surface area contributed by atoms with E-state index in [0.717, 1.165) is 37.0 Å². The predicted octanol–water partition coefficient (Wildman–Crippen LogP) is 4.63. The average Bonchev–Trinajstić information content (AvgIpc) is 2.74. The summed E-state index contributed by atoms with van der Waals surface area (Å²) in [6.45, 7) is 6.65. The minimum atomic E-state index is -0.112. The summed E-state index contributed by atoms with van der Waals surface area (Å²) >= 11 is 0. The Labute approximate surface area is 179 Å². The first-order valence-corrected chi connectivity index (χ1v) is 10.7. The maximum atomic E-state index is 11.5. The Morgan fingerprint density at radius 2 is 1.67 bits per heavy atom. The van der Waals surface area contributed by atoms with Gasteiger partial charge in [0.1, 0.15) is 23.0 Å². The number of benzene rings is 2. The van der Waals surface area contributed by atoms with Crippen LogP contribution < -0.4 is 9.47 Å². The van der Waals surface area contributed by atoms with Crippen molar-refractivity contribution in [3.63, 3.8) is 0 Å². The molecule has 1 atom stereocenters. The van der Waals surface area contributed by atoms with Crippen molar-refractivity contribution < 1.29 is 24.5 Å². The molecule has 0 saturated heterocycles. The van der Waals surface area contributed by atoms with Crippen LogP contribution in [0.25, 0.3) is 0 Å². The number of carbonyl (C=O) groups is 1. The van der Waals surface area contributed by atoms with E-state index in [1.165, 1.54) is 5.56 Å². The lowest BCUT2D eigenvalue weighted by atomic mass is 9.95. The quantitative estimate of drug-likeness (QED) is 0.467. The highest BCUT2D eigenvalue weighted by Crippen LogP contribution is 2.32. The van der Waals surface area contributed by atoms with Crippen LogP contribution in [0.3, 0.4) is 0 Å². The van der Waals surface area contributed by atoms with Crippen LogP contribution in [-0.4, -0.2) is 35.8 Å². The number of aryl methyl sites for hydroxylation is 1. The largest absolute Gasteiger partial charge is 0.507 e. The second-order valence-corrected chi connectivity index (χ2v) is 7.79. The van der Waals surface area contributed by atoms with Gasteiger partial charge < -0.3 is 19.7 Å². The van der Waals surface area contributed by atoms with Crippen LogP contribution in [0.15, 0.2) is 36.4 Å². The Kier molecular flexibility index (Phi) is 9.68. The predicted molar refractivity (Wildman–Crippen MR) is 118 cm³/mol. The summed E-state index contributed by atoms with van der Waals surface area (Å²) in [4.78, 5) is 11.5. The van der Waals surface area contributed by atoms with E-state index in [9.17, 15) is 9.90 Å². The van der Waals surface area contributed by atoms with Crippen molar-refractivity contribution in [3.05, 3.63) is 53.1 Å². The molecule has 0 aliphatic rings. The molecule has 0 heterocycles. The molecule has 2 aromatic carbocycles. The number of unbranched alkanes of at least 4 members (excludes halogenated alkanes) is 1. The molecule has 0 spiro atoms. The zero-order chi connectivity index (χ0) is 21.9. The Morgan fingerprint density at radius 1 is 1.00 bits per heavy atom. The number of phenolic OH excluding ortho intramolecular Hbond substituents is 1. The van der Waals surface area contributed by atoms with Crippen LogP contribution in [-0.2, 0) is 17.6 Å². The first-order valence-electron chi connectivity index (χ1n) is 10.7. The Balaban J connectivity index is 1.71. The van der Waals surface area contributed by atoms with Gasteiger partial charge in [0.15, 0.2) is 0 Å². The van der Waals surface area contributed by atoms with Gasteiger partial charge in [-0.1, -0.05) is 25.1 Å². The first-order chi connectivity index (χ1) is 14.4. The van der Waals surface area contributed by atoms with E-state index < -0.39 is 0 Å². The van der Waals surface area contributed by atoms with E-state index in [1.54, 1.807) is 6.92 Å². The van der Waals surface area contributed by atoms with Crippen LogP contribution in [0.4, 0.5) is 0 Å². The molecule has 0 radical (unpaired) electrons. The summed E-state index contributed by atoms with van der Waals surface area (Å²) in [5.41, 5.74) is 2.68. The minimum Gasteiger partial charge on any atom is -0.507 e. The van der Waals surface area contributed by atoms with Gasteiger partial charge in [-0.2, -0.15) is 0 Å². The monoisotopic (exact) mass is 414 g/mol. The molecule has 2 N–H and O–H groups in total. The number of aliphatic hydroxyl groups excluding tert-OH is 1. The molecule has 0 aliphatic heterocycles. The van der Waals surface area contributed by atoms with Crippen molar-refractivity contribution in [3.8, 4) is 17.2 Å². The zero-order valence-electron chi connectivity index (χ0n) is 18.3. The van der Waals surface area contributed by atoms with Crippen molar-refractivity contribution in [1.82, 2.24) is 0 Å². The molecule has 0 bridgehead atoms. The summed E-state index contributed by atoms with van der Waals surface area (Å²) < 4.78 is 11.6. The van der Waals surface area contributed by atoms with Gasteiger partial charge in [-0.15, -0.1) is 0 Å². The van der Waals surface area contributed by atoms with Crippen molar-refractivity contribution in [2.24, 2.45) is 5.92 Å². The van der Waals surface area contributed by atoms with Crippen LogP contribution in [0.2, 0.25) is 0 Å². The van der Waals surface area contributed by atoms with Gasteiger partial charge in [-0.3, -0.25) is 4.79 Å². The van der Waals surface area contributed by atoms with Crippen molar-refractivity contribution >= 4 is 5.78 Å². The van der Waals surface area contributed by atoms with Gasteiger partial charge in [-0.25, -0.2) is 0 Å². The smallest absolute Gasteiger partial charge is 0.132 e. The first kappa shape index (κ1) is 23.7. The van der Waals surface area contributed by atoms with Crippen LogP contribution in [0.1, 0.15) is 49.8 Å². The normalized spacial score (nSPS) is 11.9. The van der Waals surface area contributed by atoms with E-state index in [1.807, 2.05) is 50.2 Å². The third-order valence-corrected chi connectivity index (χ3v) is 5.30. The molecule has 5 nitrogen and oxygen atoms in total. The summed E-state index contributed by atoms with van der Waals surface area (Å²) in [6.07, 6.45) is 3.89. The fraction of sp³-hybridized carbons (Fsp3) is 0.480. The molecular weight excluding hydrogens is 380 g/mol. The molecule has 0 aromatic heterocycles. The number of aliphatic hydroxyl groups is 1. The molecule has 0 amide bonds. The standard InChI is InChI=1S/C25H34O5/c1-18(20(3)27)17-22-10-13-24(19(2)25(22)28)30-16-5-4-15-29-23-11-8-21(9-12-23)7-6-14-26/h8-13,18,26,28H,4-7,14-17H2,1-3H3. The molecule has 30 heavy (non-hydrogen) atoms. The van der Waals surface area contributed by atoms with Crippen molar-refractivity contribution in [2.45, 2.75) is 52.9 Å². The lowest BCUT2D eigenvalue weighted by Crippen LogP contribution is -2.10. The number of Topliss-reactive ketones (excluding diaryl/α,β-unsaturated/α-hetero) is 1. The molecule has 1 unspecified atom stereocenters. The van der Waals surface area contributed by atoms with Crippen LogP contribution >= 0.6 is 0 Å². The number of hydrogen-bond acceptors (Lipinski definition) is 5. The number of phenols is 1. The van der Waals surface area contributed by atoms with Crippen molar-refractivity contribution in [1.29, 1.82) is 0 Å². The summed E-state index contributed by atoms with van der Waals surface area (Å²) in [5, 5.41) is 19.3. The Hall–Kier alpha value is -2.53. The fourth-order valence-corrected chi connectivity index (χ4v) is 3.14. The van der Waals surface area contributed by atoms with E-state index in [0.29, 0.717) is 30.9 Å².